The van der Waals surface area contributed by atoms with Gasteiger partial charge in [-0.2, -0.15) is 0 Å². The molecule has 0 atom stereocenters. The predicted molar refractivity (Wildman–Crippen MR) is 109 cm³/mol. The average Bonchev–Trinajstić information content (AvgIpc) is 2.60. The molecule has 1 aliphatic rings. The lowest BCUT2D eigenvalue weighted by Crippen LogP contribution is -2.54. The van der Waals surface area contributed by atoms with Crippen molar-refractivity contribution in [1.29, 1.82) is 0 Å². The number of aryl methyl sites for hydroxylation is 1. The second-order valence-corrected chi connectivity index (χ2v) is 8.48. The summed E-state index contributed by atoms with van der Waals surface area (Å²) in [5, 5.41) is 2.95. The van der Waals surface area contributed by atoms with Crippen LogP contribution in [0.2, 0.25) is 0 Å². The number of likely N-dealkylation sites (N-methyl/N-ethyl adjacent to an activating group) is 1. The lowest BCUT2D eigenvalue weighted by atomic mass is 10.1. The summed E-state index contributed by atoms with van der Waals surface area (Å²) >= 11 is 0. The average molecular weight is 389 g/mol. The normalized spacial score (nSPS) is 15.2. The Labute approximate surface area is 167 Å². The zero-order valence-electron chi connectivity index (χ0n) is 17.6. The van der Waals surface area contributed by atoms with Crippen molar-refractivity contribution >= 4 is 17.7 Å². The maximum absolute atomic E-state index is 12.5. The van der Waals surface area contributed by atoms with Gasteiger partial charge in [0.05, 0.1) is 13.1 Å². The number of carbonyl (C=O) groups excluding carboxylic acids is 3. The van der Waals surface area contributed by atoms with E-state index in [1.807, 2.05) is 44.7 Å². The first-order valence-electron chi connectivity index (χ1n) is 9.68. The molecule has 0 aliphatic carbocycles. The first-order valence-corrected chi connectivity index (χ1v) is 9.68. The van der Waals surface area contributed by atoms with Crippen LogP contribution in [0.25, 0.3) is 0 Å². The van der Waals surface area contributed by atoms with Gasteiger partial charge < -0.3 is 15.1 Å². The summed E-state index contributed by atoms with van der Waals surface area (Å²) in [6, 6.07) is 7.33. The van der Waals surface area contributed by atoms with E-state index in [0.29, 0.717) is 38.3 Å². The lowest BCUT2D eigenvalue weighted by Gasteiger charge is -2.35. The summed E-state index contributed by atoms with van der Waals surface area (Å²) in [6.45, 7) is 10.7. The van der Waals surface area contributed by atoms with Gasteiger partial charge in [0.2, 0.25) is 11.8 Å². The van der Waals surface area contributed by atoms with Crippen LogP contribution in [-0.2, 0) is 9.59 Å². The van der Waals surface area contributed by atoms with Crippen molar-refractivity contribution in [2.75, 3.05) is 46.3 Å². The Morgan fingerprint density at radius 2 is 1.61 bits per heavy atom. The van der Waals surface area contributed by atoms with E-state index in [2.05, 4.69) is 5.32 Å². The minimum Gasteiger partial charge on any atom is -0.350 e. The van der Waals surface area contributed by atoms with Crippen molar-refractivity contribution in [2.45, 2.75) is 33.2 Å². The van der Waals surface area contributed by atoms with Crippen LogP contribution >= 0.6 is 0 Å². The number of nitrogens with zero attached hydrogens (tertiary/aromatic N) is 3. The third-order valence-corrected chi connectivity index (χ3v) is 4.62. The molecule has 1 aromatic rings. The van der Waals surface area contributed by atoms with Crippen molar-refractivity contribution in [2.24, 2.45) is 0 Å². The van der Waals surface area contributed by atoms with E-state index in [1.54, 1.807) is 24.1 Å². The molecule has 1 fully saturated rings. The first-order chi connectivity index (χ1) is 13.0. The van der Waals surface area contributed by atoms with Crippen LogP contribution in [0.3, 0.4) is 0 Å². The Morgan fingerprint density at radius 3 is 2.14 bits per heavy atom. The predicted octanol–water partition coefficient (Wildman–Crippen LogP) is 1.13. The highest BCUT2D eigenvalue weighted by atomic mass is 16.2. The van der Waals surface area contributed by atoms with Gasteiger partial charge in [-0.1, -0.05) is 17.7 Å². The highest BCUT2D eigenvalue weighted by molar-refractivity contribution is 5.96. The molecule has 0 aromatic heterocycles. The molecular formula is C21H32N4O3. The van der Waals surface area contributed by atoms with Crippen LogP contribution in [0.5, 0.6) is 0 Å². The molecule has 1 heterocycles. The number of hydrogen-bond acceptors (Lipinski definition) is 4. The molecule has 0 bridgehead atoms. The van der Waals surface area contributed by atoms with Crippen LogP contribution < -0.4 is 5.32 Å². The largest absolute Gasteiger partial charge is 0.350 e. The number of nitrogens with one attached hydrogen (secondary N) is 1. The molecule has 0 radical (unpaired) electrons. The molecule has 7 nitrogen and oxygen atoms in total. The standard InChI is InChI=1S/C21H32N4O3/c1-16-6-8-17(9-7-16)20(28)23(5)15-19(27)25-12-10-24(11-13-25)14-18(26)22-21(2,3)4/h6-9H,10-15H2,1-5H3,(H,22,26). The molecule has 3 amide bonds. The highest BCUT2D eigenvalue weighted by Gasteiger charge is 2.25. The number of amides is 3. The molecule has 28 heavy (non-hydrogen) atoms. The van der Waals surface area contributed by atoms with E-state index in [4.69, 9.17) is 0 Å². The second-order valence-electron chi connectivity index (χ2n) is 8.48. The number of hydrogen-bond donors (Lipinski definition) is 1. The Hall–Kier alpha value is -2.41. The molecule has 154 valence electrons. The summed E-state index contributed by atoms with van der Waals surface area (Å²) in [4.78, 5) is 42.3. The molecule has 1 aliphatic heterocycles. The van der Waals surface area contributed by atoms with Gasteiger partial charge in [-0.05, 0) is 39.8 Å². The minimum atomic E-state index is -0.247. The van der Waals surface area contributed by atoms with Crippen LogP contribution in [-0.4, -0.2) is 84.3 Å². The van der Waals surface area contributed by atoms with Gasteiger partial charge in [0, 0.05) is 44.3 Å². The fourth-order valence-electron chi connectivity index (χ4n) is 3.11. The fraction of sp³-hybridized carbons (Fsp3) is 0.571. The van der Waals surface area contributed by atoms with E-state index >= 15 is 0 Å². The molecule has 2 rings (SSSR count). The Bertz CT molecular complexity index is 701. The highest BCUT2D eigenvalue weighted by Crippen LogP contribution is 2.08. The van der Waals surface area contributed by atoms with E-state index in [1.165, 1.54) is 4.90 Å². The molecule has 1 N–H and O–H groups in total. The smallest absolute Gasteiger partial charge is 0.254 e. The quantitative estimate of drug-likeness (QED) is 0.821. The number of rotatable bonds is 5. The maximum atomic E-state index is 12.5. The summed E-state index contributed by atoms with van der Waals surface area (Å²) in [7, 11) is 1.65. The Kier molecular flexibility index (Phi) is 7.18. The van der Waals surface area contributed by atoms with Crippen LogP contribution in [0.1, 0.15) is 36.7 Å². The van der Waals surface area contributed by atoms with Gasteiger partial charge in [0.1, 0.15) is 0 Å². The first kappa shape index (κ1) is 21.9. The number of benzene rings is 1. The molecule has 0 unspecified atom stereocenters. The van der Waals surface area contributed by atoms with Gasteiger partial charge in [-0.15, -0.1) is 0 Å². The summed E-state index contributed by atoms with van der Waals surface area (Å²) in [5.74, 6) is -0.233. The summed E-state index contributed by atoms with van der Waals surface area (Å²) in [5.41, 5.74) is 1.42. The minimum absolute atomic E-state index is 0.00398. The molecule has 0 spiro atoms. The van der Waals surface area contributed by atoms with Crippen molar-refractivity contribution in [3.8, 4) is 0 Å². The van der Waals surface area contributed by atoms with Gasteiger partial charge in [-0.25, -0.2) is 0 Å². The summed E-state index contributed by atoms with van der Waals surface area (Å²) < 4.78 is 0. The van der Waals surface area contributed by atoms with E-state index in [9.17, 15) is 14.4 Å². The maximum Gasteiger partial charge on any atom is 0.254 e. The van der Waals surface area contributed by atoms with Gasteiger partial charge in [-0.3, -0.25) is 19.3 Å². The topological polar surface area (TPSA) is 73.0 Å². The zero-order chi connectivity index (χ0) is 20.9. The van der Waals surface area contributed by atoms with Gasteiger partial charge in [0.15, 0.2) is 0 Å². The van der Waals surface area contributed by atoms with Crippen LogP contribution in [0.15, 0.2) is 24.3 Å². The second kappa shape index (κ2) is 9.19. The Balaban J connectivity index is 1.79. The zero-order valence-corrected chi connectivity index (χ0v) is 17.6. The monoisotopic (exact) mass is 388 g/mol. The van der Waals surface area contributed by atoms with Gasteiger partial charge >= 0.3 is 0 Å². The van der Waals surface area contributed by atoms with Crippen molar-refractivity contribution < 1.29 is 14.4 Å². The molecule has 0 saturated carbocycles. The summed E-state index contributed by atoms with van der Waals surface area (Å²) in [6.07, 6.45) is 0. The van der Waals surface area contributed by atoms with Crippen LogP contribution in [0.4, 0.5) is 0 Å². The third kappa shape index (κ3) is 6.64. The lowest BCUT2D eigenvalue weighted by molar-refractivity contribution is -0.133. The van der Waals surface area contributed by atoms with E-state index < -0.39 is 0 Å². The molecule has 7 heteroatoms. The Morgan fingerprint density at radius 1 is 1.04 bits per heavy atom. The van der Waals surface area contributed by atoms with Crippen molar-refractivity contribution in [1.82, 2.24) is 20.0 Å². The molecule has 1 aromatic carbocycles. The SMILES string of the molecule is Cc1ccc(C(=O)N(C)CC(=O)N2CCN(CC(=O)NC(C)(C)C)CC2)cc1. The van der Waals surface area contributed by atoms with E-state index in [-0.39, 0.29) is 29.8 Å². The van der Waals surface area contributed by atoms with Crippen molar-refractivity contribution in [3.05, 3.63) is 35.4 Å². The molecular weight excluding hydrogens is 356 g/mol. The van der Waals surface area contributed by atoms with Gasteiger partial charge in [0.25, 0.3) is 5.91 Å². The van der Waals surface area contributed by atoms with Crippen LogP contribution in [0, 0.1) is 6.92 Å². The molecule has 1 saturated heterocycles. The van der Waals surface area contributed by atoms with E-state index in [0.717, 1.165) is 5.56 Å². The fourth-order valence-corrected chi connectivity index (χ4v) is 3.11. The number of carbonyl (C=O) groups is 3. The number of piperazine rings is 1. The third-order valence-electron chi connectivity index (χ3n) is 4.62. The van der Waals surface area contributed by atoms with Crippen molar-refractivity contribution in [3.63, 3.8) is 0 Å².